The standard InChI is InChI=1S/C24H34N4O9/c1-13(2)10-17(27-21(33)15(25)12-20(31)32)23(35)26-16(8-9-19(29)30)22(34)28-18(24(36)37)11-14-6-4-3-5-7-14/h3-7,13,15-18H,8-12,25H2,1-2H3,(H,26,35)(H,27,33)(H,28,34)(H,29,30)(H,31,32)(H,36,37). The van der Waals surface area contributed by atoms with E-state index in [2.05, 4.69) is 16.0 Å². The van der Waals surface area contributed by atoms with Crippen molar-refractivity contribution in [2.75, 3.05) is 0 Å². The van der Waals surface area contributed by atoms with Gasteiger partial charge in [-0.15, -0.1) is 0 Å². The predicted molar refractivity (Wildman–Crippen MR) is 130 cm³/mol. The van der Waals surface area contributed by atoms with Crippen LogP contribution in [0.2, 0.25) is 0 Å². The Balaban J connectivity index is 3.04. The second-order valence-electron chi connectivity index (χ2n) is 8.98. The van der Waals surface area contributed by atoms with Crippen LogP contribution in [-0.2, 0) is 35.2 Å². The number of aliphatic carboxylic acids is 3. The van der Waals surface area contributed by atoms with Gasteiger partial charge in [-0.2, -0.15) is 0 Å². The molecule has 0 fully saturated rings. The van der Waals surface area contributed by atoms with Crippen molar-refractivity contribution in [3.8, 4) is 0 Å². The molecule has 1 aromatic rings. The molecule has 4 atom stereocenters. The summed E-state index contributed by atoms with van der Waals surface area (Å²) in [6.07, 6.45) is -1.44. The van der Waals surface area contributed by atoms with Gasteiger partial charge in [0.15, 0.2) is 0 Å². The first kappa shape index (κ1) is 31.0. The van der Waals surface area contributed by atoms with Crippen LogP contribution in [0, 0.1) is 5.92 Å². The highest BCUT2D eigenvalue weighted by Crippen LogP contribution is 2.09. The Hall–Kier alpha value is -4.00. The molecule has 37 heavy (non-hydrogen) atoms. The van der Waals surface area contributed by atoms with E-state index in [1.165, 1.54) is 0 Å². The van der Waals surface area contributed by atoms with Gasteiger partial charge >= 0.3 is 17.9 Å². The first-order valence-electron chi connectivity index (χ1n) is 11.7. The largest absolute Gasteiger partial charge is 0.481 e. The fraction of sp³-hybridized carbons (Fsp3) is 0.500. The number of benzene rings is 1. The molecule has 204 valence electrons. The summed E-state index contributed by atoms with van der Waals surface area (Å²) in [4.78, 5) is 71.9. The van der Waals surface area contributed by atoms with E-state index in [1.807, 2.05) is 0 Å². The fourth-order valence-corrected chi connectivity index (χ4v) is 3.39. The highest BCUT2D eigenvalue weighted by molar-refractivity contribution is 5.95. The zero-order valence-electron chi connectivity index (χ0n) is 20.7. The average molecular weight is 523 g/mol. The van der Waals surface area contributed by atoms with Gasteiger partial charge in [0.25, 0.3) is 0 Å². The van der Waals surface area contributed by atoms with E-state index in [9.17, 15) is 33.9 Å². The molecule has 8 N–H and O–H groups in total. The minimum absolute atomic E-state index is 0.0466. The summed E-state index contributed by atoms with van der Waals surface area (Å²) in [5.41, 5.74) is 6.20. The lowest BCUT2D eigenvalue weighted by Gasteiger charge is -2.25. The number of carbonyl (C=O) groups is 6. The summed E-state index contributed by atoms with van der Waals surface area (Å²) in [5.74, 6) is -6.60. The SMILES string of the molecule is CC(C)CC(NC(=O)C(N)CC(=O)O)C(=O)NC(CCC(=O)O)C(=O)NC(Cc1ccccc1)C(=O)O. The molecule has 0 aliphatic heterocycles. The number of nitrogens with one attached hydrogen (secondary N) is 3. The Labute approximate surface area is 213 Å². The summed E-state index contributed by atoms with van der Waals surface area (Å²) in [6.45, 7) is 3.53. The predicted octanol–water partition coefficient (Wildman–Crippen LogP) is -0.519. The van der Waals surface area contributed by atoms with Gasteiger partial charge in [0.1, 0.15) is 18.1 Å². The maximum atomic E-state index is 13.0. The zero-order chi connectivity index (χ0) is 28.1. The molecule has 0 aromatic heterocycles. The second kappa shape index (κ2) is 15.2. The highest BCUT2D eigenvalue weighted by atomic mass is 16.4. The first-order chi connectivity index (χ1) is 17.3. The van der Waals surface area contributed by atoms with E-state index in [4.69, 9.17) is 15.9 Å². The molecule has 0 heterocycles. The lowest BCUT2D eigenvalue weighted by Crippen LogP contribution is -2.57. The first-order valence-corrected chi connectivity index (χ1v) is 11.7. The van der Waals surface area contributed by atoms with Gasteiger partial charge in [0, 0.05) is 12.8 Å². The van der Waals surface area contributed by atoms with Crippen LogP contribution in [-0.4, -0.2) is 75.1 Å². The summed E-state index contributed by atoms with van der Waals surface area (Å²) < 4.78 is 0. The van der Waals surface area contributed by atoms with Crippen molar-refractivity contribution >= 4 is 35.6 Å². The van der Waals surface area contributed by atoms with E-state index in [-0.39, 0.29) is 25.2 Å². The number of carboxylic acids is 3. The summed E-state index contributed by atoms with van der Waals surface area (Å²) in [6, 6.07) is 3.14. The molecule has 3 amide bonds. The third kappa shape index (κ3) is 12.0. The summed E-state index contributed by atoms with van der Waals surface area (Å²) in [5, 5.41) is 34.6. The molecule has 0 aliphatic carbocycles. The van der Waals surface area contributed by atoms with Gasteiger partial charge in [-0.05, 0) is 24.3 Å². The molecule has 13 nitrogen and oxygen atoms in total. The van der Waals surface area contributed by atoms with Gasteiger partial charge < -0.3 is 37.0 Å². The molecule has 1 aromatic carbocycles. The minimum Gasteiger partial charge on any atom is -0.481 e. The zero-order valence-corrected chi connectivity index (χ0v) is 20.7. The lowest BCUT2D eigenvalue weighted by molar-refractivity contribution is -0.143. The van der Waals surface area contributed by atoms with Gasteiger partial charge in [0.2, 0.25) is 17.7 Å². The second-order valence-corrected chi connectivity index (χ2v) is 8.98. The molecule has 0 aliphatic rings. The molecule has 0 bridgehead atoms. The van der Waals surface area contributed by atoms with Gasteiger partial charge in [-0.25, -0.2) is 4.79 Å². The number of amides is 3. The molecule has 4 unspecified atom stereocenters. The molecular weight excluding hydrogens is 488 g/mol. The third-order valence-electron chi connectivity index (χ3n) is 5.25. The quantitative estimate of drug-likeness (QED) is 0.147. The van der Waals surface area contributed by atoms with Crippen LogP contribution in [0.3, 0.4) is 0 Å². The Morgan fingerprint density at radius 1 is 0.784 bits per heavy atom. The van der Waals surface area contributed by atoms with Crippen molar-refractivity contribution in [1.82, 2.24) is 16.0 Å². The number of carboxylic acid groups (broad SMARTS) is 3. The monoisotopic (exact) mass is 522 g/mol. The lowest BCUT2D eigenvalue weighted by atomic mass is 10.0. The number of carbonyl (C=O) groups excluding carboxylic acids is 3. The maximum Gasteiger partial charge on any atom is 0.326 e. The van der Waals surface area contributed by atoms with Crippen LogP contribution >= 0.6 is 0 Å². The highest BCUT2D eigenvalue weighted by Gasteiger charge is 2.31. The summed E-state index contributed by atoms with van der Waals surface area (Å²) >= 11 is 0. The topological polar surface area (TPSA) is 225 Å². The average Bonchev–Trinajstić information content (AvgIpc) is 2.80. The van der Waals surface area contributed by atoms with E-state index in [1.54, 1.807) is 44.2 Å². The Morgan fingerprint density at radius 2 is 1.32 bits per heavy atom. The van der Waals surface area contributed by atoms with Crippen LogP contribution in [0.1, 0.15) is 45.1 Å². The summed E-state index contributed by atoms with van der Waals surface area (Å²) in [7, 11) is 0. The molecular formula is C24H34N4O9. The number of rotatable bonds is 16. The van der Waals surface area contributed by atoms with Crippen LogP contribution < -0.4 is 21.7 Å². The van der Waals surface area contributed by atoms with Crippen LogP contribution in [0.15, 0.2) is 30.3 Å². The van der Waals surface area contributed by atoms with E-state index < -0.39 is 72.6 Å². The van der Waals surface area contributed by atoms with Crippen molar-refractivity contribution in [3.05, 3.63) is 35.9 Å². The molecule has 13 heteroatoms. The van der Waals surface area contributed by atoms with Crippen molar-refractivity contribution in [2.24, 2.45) is 11.7 Å². The number of hydrogen-bond donors (Lipinski definition) is 7. The van der Waals surface area contributed by atoms with Crippen LogP contribution in [0.4, 0.5) is 0 Å². The number of hydrogen-bond acceptors (Lipinski definition) is 7. The Kier molecular flexibility index (Phi) is 12.7. The molecule has 0 saturated carbocycles. The van der Waals surface area contributed by atoms with Crippen molar-refractivity contribution in [3.63, 3.8) is 0 Å². The van der Waals surface area contributed by atoms with Crippen molar-refractivity contribution < 1.29 is 44.1 Å². The van der Waals surface area contributed by atoms with Crippen LogP contribution in [0.25, 0.3) is 0 Å². The third-order valence-corrected chi connectivity index (χ3v) is 5.25. The number of nitrogens with two attached hydrogens (primary N) is 1. The molecule has 0 spiro atoms. The maximum absolute atomic E-state index is 13.0. The van der Waals surface area contributed by atoms with E-state index in [0.29, 0.717) is 5.56 Å². The van der Waals surface area contributed by atoms with E-state index >= 15 is 0 Å². The molecule has 1 rings (SSSR count). The fourth-order valence-electron chi connectivity index (χ4n) is 3.39. The van der Waals surface area contributed by atoms with Crippen LogP contribution in [0.5, 0.6) is 0 Å². The minimum atomic E-state index is -1.42. The van der Waals surface area contributed by atoms with Gasteiger partial charge in [-0.1, -0.05) is 44.2 Å². The molecule has 0 radical (unpaired) electrons. The Morgan fingerprint density at radius 3 is 1.84 bits per heavy atom. The smallest absolute Gasteiger partial charge is 0.326 e. The van der Waals surface area contributed by atoms with Gasteiger partial charge in [0.05, 0.1) is 12.5 Å². The van der Waals surface area contributed by atoms with Crippen molar-refractivity contribution in [1.29, 1.82) is 0 Å². The van der Waals surface area contributed by atoms with Gasteiger partial charge in [-0.3, -0.25) is 24.0 Å². The normalized spacial score (nSPS) is 14.1. The Bertz CT molecular complexity index is 968. The van der Waals surface area contributed by atoms with Crippen molar-refractivity contribution in [2.45, 2.75) is 70.1 Å². The van der Waals surface area contributed by atoms with E-state index in [0.717, 1.165) is 0 Å². The molecule has 0 saturated heterocycles.